The van der Waals surface area contributed by atoms with E-state index in [0.717, 1.165) is 44.9 Å². The van der Waals surface area contributed by atoms with E-state index in [-0.39, 0.29) is 18.5 Å². The summed E-state index contributed by atoms with van der Waals surface area (Å²) >= 11 is 0. The van der Waals surface area contributed by atoms with Gasteiger partial charge in [0.25, 0.3) is 0 Å². The molecule has 0 aliphatic heterocycles. The molecule has 0 aromatic rings. The Morgan fingerprint density at radius 3 is 0.874 bits per heavy atom. The van der Waals surface area contributed by atoms with Crippen LogP contribution in [0.3, 0.4) is 0 Å². The number of hydrogen-bond donors (Lipinski definition) is 3. The maximum Gasteiger partial charge on any atom is 0.305 e. The number of hydrogen-bond acceptors (Lipinski definition) is 5. The molecule has 0 saturated carbocycles. The third kappa shape index (κ3) is 73.0. The zero-order chi connectivity index (χ0) is 62.8. The van der Waals surface area contributed by atoms with E-state index in [4.69, 9.17) is 4.74 Å². The molecule has 0 radical (unpaired) electrons. The van der Waals surface area contributed by atoms with Crippen molar-refractivity contribution in [2.45, 2.75) is 456 Å². The van der Waals surface area contributed by atoms with Crippen molar-refractivity contribution in [3.8, 4) is 0 Å². The Morgan fingerprint density at radius 1 is 0.322 bits per heavy atom. The minimum Gasteiger partial charge on any atom is -0.466 e. The monoisotopic (exact) mass is 1220 g/mol. The number of unbranched alkanes of at least 4 members (excludes halogenated alkanes) is 60. The maximum absolute atomic E-state index is 12.5. The second-order valence-electron chi connectivity index (χ2n) is 27.4. The molecule has 0 aromatic heterocycles. The van der Waals surface area contributed by atoms with Crippen LogP contribution in [0.1, 0.15) is 444 Å². The molecule has 6 heteroatoms. The molecule has 0 aromatic carbocycles. The average molecular weight is 1220 g/mol. The van der Waals surface area contributed by atoms with Crippen molar-refractivity contribution < 1.29 is 24.5 Å². The van der Waals surface area contributed by atoms with Gasteiger partial charge >= 0.3 is 5.97 Å². The van der Waals surface area contributed by atoms with E-state index in [2.05, 4.69) is 43.5 Å². The largest absolute Gasteiger partial charge is 0.466 e. The minimum absolute atomic E-state index is 0.0223. The SMILES string of the molecule is CCCCCCCCCCCCCCCCCC/C=C/C(O)C(CO)NC(=O)CCCCCCCCCCCCCCCCCCC/C=C\C/C=C\CCCCCCCCCCCCCCCCCOC(=O)CCCCCCCCCCCCCCC. The summed E-state index contributed by atoms with van der Waals surface area (Å²) in [6.45, 7) is 4.95. The third-order valence-corrected chi connectivity index (χ3v) is 18.7. The van der Waals surface area contributed by atoms with Crippen LogP contribution < -0.4 is 5.32 Å². The molecule has 6 nitrogen and oxygen atoms in total. The third-order valence-electron chi connectivity index (χ3n) is 18.7. The summed E-state index contributed by atoms with van der Waals surface area (Å²) in [7, 11) is 0. The fourth-order valence-electron chi connectivity index (χ4n) is 12.6. The summed E-state index contributed by atoms with van der Waals surface area (Å²) in [6, 6.07) is -0.626. The number of ether oxygens (including phenoxy) is 1. The van der Waals surface area contributed by atoms with Crippen LogP contribution >= 0.6 is 0 Å². The van der Waals surface area contributed by atoms with Crippen molar-refractivity contribution in [2.24, 2.45) is 0 Å². The fourth-order valence-corrected chi connectivity index (χ4v) is 12.6. The predicted molar refractivity (Wildman–Crippen MR) is 384 cm³/mol. The molecule has 87 heavy (non-hydrogen) atoms. The van der Waals surface area contributed by atoms with Gasteiger partial charge in [-0.05, 0) is 64.2 Å². The van der Waals surface area contributed by atoms with Crippen molar-refractivity contribution in [3.05, 3.63) is 36.5 Å². The lowest BCUT2D eigenvalue weighted by Crippen LogP contribution is -2.45. The number of amides is 1. The van der Waals surface area contributed by atoms with Crippen molar-refractivity contribution in [2.75, 3.05) is 13.2 Å². The van der Waals surface area contributed by atoms with E-state index in [1.807, 2.05) is 6.08 Å². The van der Waals surface area contributed by atoms with Gasteiger partial charge < -0.3 is 20.3 Å². The molecule has 0 aliphatic rings. The normalized spacial score (nSPS) is 12.6. The van der Waals surface area contributed by atoms with E-state index < -0.39 is 12.1 Å². The number of aliphatic hydroxyl groups excluding tert-OH is 2. The van der Waals surface area contributed by atoms with Crippen LogP contribution in [0.4, 0.5) is 0 Å². The lowest BCUT2D eigenvalue weighted by atomic mass is 10.0. The second-order valence-corrected chi connectivity index (χ2v) is 27.4. The Kier molecular flexibility index (Phi) is 74.8. The van der Waals surface area contributed by atoms with Gasteiger partial charge in [-0.15, -0.1) is 0 Å². The molecule has 0 fully saturated rings. The van der Waals surface area contributed by atoms with E-state index in [9.17, 15) is 19.8 Å². The summed E-state index contributed by atoms with van der Waals surface area (Å²) in [5, 5.41) is 23.2. The summed E-state index contributed by atoms with van der Waals surface area (Å²) in [5.74, 6) is -0.0388. The van der Waals surface area contributed by atoms with Crippen LogP contribution in [-0.4, -0.2) is 47.4 Å². The van der Waals surface area contributed by atoms with Crippen LogP contribution in [-0.2, 0) is 14.3 Å². The smallest absolute Gasteiger partial charge is 0.305 e. The van der Waals surface area contributed by atoms with Crippen molar-refractivity contribution in [3.63, 3.8) is 0 Å². The molecule has 514 valence electrons. The van der Waals surface area contributed by atoms with Gasteiger partial charge in [-0.3, -0.25) is 9.59 Å². The summed E-state index contributed by atoms with van der Waals surface area (Å²) in [4.78, 5) is 24.6. The van der Waals surface area contributed by atoms with Crippen LogP contribution in [0.15, 0.2) is 36.5 Å². The first-order valence-corrected chi connectivity index (χ1v) is 39.8. The molecule has 2 unspecified atom stereocenters. The highest BCUT2D eigenvalue weighted by Crippen LogP contribution is 2.20. The lowest BCUT2D eigenvalue weighted by Gasteiger charge is -2.20. The molecule has 0 bridgehead atoms. The number of carbonyl (C=O) groups excluding carboxylic acids is 2. The van der Waals surface area contributed by atoms with Crippen LogP contribution in [0.25, 0.3) is 0 Å². The molecule has 2 atom stereocenters. The molecule has 1 amide bonds. The molecule has 3 N–H and O–H groups in total. The van der Waals surface area contributed by atoms with Gasteiger partial charge in [-0.1, -0.05) is 403 Å². The number of aliphatic hydroxyl groups is 2. The first-order valence-electron chi connectivity index (χ1n) is 39.8. The minimum atomic E-state index is -0.843. The number of nitrogens with one attached hydrogen (secondary N) is 1. The Hall–Kier alpha value is -1.92. The molecule has 0 spiro atoms. The summed E-state index contributed by atoms with van der Waals surface area (Å²) < 4.78 is 5.49. The topological polar surface area (TPSA) is 95.9 Å². The van der Waals surface area contributed by atoms with Gasteiger partial charge in [0, 0.05) is 12.8 Å². The highest BCUT2D eigenvalue weighted by atomic mass is 16.5. The highest BCUT2D eigenvalue weighted by Gasteiger charge is 2.18. The molecule has 0 rings (SSSR count). The molecular formula is C81H155NO5. The first-order chi connectivity index (χ1) is 43.0. The van der Waals surface area contributed by atoms with Crippen molar-refractivity contribution >= 4 is 11.9 Å². The fraction of sp³-hybridized carbons (Fsp3) is 0.901. The molecular weight excluding hydrogens is 1070 g/mol. The number of esters is 1. The number of allylic oxidation sites excluding steroid dienone is 5. The van der Waals surface area contributed by atoms with Crippen molar-refractivity contribution in [1.29, 1.82) is 0 Å². The highest BCUT2D eigenvalue weighted by molar-refractivity contribution is 5.76. The predicted octanol–water partition coefficient (Wildman–Crippen LogP) is 26.2. The zero-order valence-corrected chi connectivity index (χ0v) is 59.0. The van der Waals surface area contributed by atoms with Gasteiger partial charge in [0.05, 0.1) is 25.4 Å². The van der Waals surface area contributed by atoms with E-state index in [0.29, 0.717) is 19.4 Å². The van der Waals surface area contributed by atoms with Crippen LogP contribution in [0, 0.1) is 0 Å². The standard InChI is InChI=1S/C81H155NO5/c1-3-5-7-9-11-13-15-17-18-19-43-46-50-53-57-61-65-69-73-79(84)78(77-83)82-80(85)74-70-66-62-58-54-51-47-44-41-39-37-35-33-31-29-27-25-23-21-20-22-24-26-28-30-32-34-36-38-40-42-45-48-52-56-60-64-68-72-76-87-81(86)75-71-67-63-59-55-49-16-14-12-10-8-6-4-2/h20-21,24,26,69,73,78-79,83-84H,3-19,22-23,25,27-68,70-72,74-77H2,1-2H3,(H,82,85)/b21-20-,26-24-,73-69+. The van der Waals surface area contributed by atoms with Gasteiger partial charge in [0.1, 0.15) is 0 Å². The first kappa shape index (κ1) is 85.1. The van der Waals surface area contributed by atoms with Gasteiger partial charge in [0.2, 0.25) is 5.91 Å². The van der Waals surface area contributed by atoms with Gasteiger partial charge in [-0.2, -0.15) is 0 Å². The molecule has 0 aliphatic carbocycles. The van der Waals surface area contributed by atoms with Gasteiger partial charge in [0.15, 0.2) is 0 Å². The van der Waals surface area contributed by atoms with Crippen molar-refractivity contribution in [1.82, 2.24) is 5.32 Å². The zero-order valence-electron chi connectivity index (χ0n) is 59.0. The molecule has 0 saturated heterocycles. The van der Waals surface area contributed by atoms with Gasteiger partial charge in [-0.25, -0.2) is 0 Å². The van der Waals surface area contributed by atoms with E-state index in [1.165, 1.54) is 372 Å². The van der Waals surface area contributed by atoms with E-state index >= 15 is 0 Å². The Labute approximate surface area is 544 Å². The summed E-state index contributed by atoms with van der Waals surface area (Å²) in [5.41, 5.74) is 0. The summed E-state index contributed by atoms with van der Waals surface area (Å²) in [6.07, 6.45) is 99.9. The Morgan fingerprint density at radius 2 is 0.575 bits per heavy atom. The second kappa shape index (κ2) is 76.5. The lowest BCUT2D eigenvalue weighted by molar-refractivity contribution is -0.143. The average Bonchev–Trinajstić information content (AvgIpc) is 3.57. The van der Waals surface area contributed by atoms with E-state index in [1.54, 1.807) is 6.08 Å². The quantitative estimate of drug-likeness (QED) is 0.0320. The number of rotatable bonds is 75. The molecule has 0 heterocycles. The Balaban J connectivity index is 3.37. The van der Waals surface area contributed by atoms with Crippen LogP contribution in [0.5, 0.6) is 0 Å². The maximum atomic E-state index is 12.5. The Bertz CT molecular complexity index is 1410. The van der Waals surface area contributed by atoms with Crippen LogP contribution in [0.2, 0.25) is 0 Å². The number of carbonyl (C=O) groups is 2.